The molecule has 1 N–H and O–H groups in total. The van der Waals surface area contributed by atoms with Gasteiger partial charge in [-0.25, -0.2) is 4.79 Å². The number of nitrogens with one attached hydrogen (secondary N) is 1. The van der Waals surface area contributed by atoms with Gasteiger partial charge in [0.15, 0.2) is 0 Å². The molecule has 15 heavy (non-hydrogen) atoms. The molecule has 0 amide bonds. The maximum Gasteiger partial charge on any atom is 0.338 e. The monoisotopic (exact) mass is 203 g/mol. The molecule has 0 atom stereocenters. The van der Waals surface area contributed by atoms with Crippen LogP contribution < -0.4 is 5.32 Å². The van der Waals surface area contributed by atoms with E-state index in [0.717, 1.165) is 11.3 Å². The van der Waals surface area contributed by atoms with Crippen molar-refractivity contribution in [3.8, 4) is 0 Å². The molecule has 1 aliphatic rings. The average Bonchev–Trinajstić information content (AvgIpc) is 2.28. The second-order valence-electron chi connectivity index (χ2n) is 3.26. The van der Waals surface area contributed by atoms with E-state index in [1.807, 2.05) is 37.3 Å². The maximum atomic E-state index is 11.6. The van der Waals surface area contributed by atoms with Crippen LogP contribution in [0.2, 0.25) is 0 Å². The molecule has 1 aliphatic heterocycles. The third kappa shape index (κ3) is 1.86. The summed E-state index contributed by atoms with van der Waals surface area (Å²) in [6.45, 7) is 2.89. The molecule has 1 aromatic rings. The molecule has 0 radical (unpaired) electrons. The fourth-order valence-corrected chi connectivity index (χ4v) is 1.65. The van der Waals surface area contributed by atoms with Gasteiger partial charge in [0.25, 0.3) is 0 Å². The fourth-order valence-electron chi connectivity index (χ4n) is 1.65. The Morgan fingerprint density at radius 1 is 1.47 bits per heavy atom. The first-order valence-corrected chi connectivity index (χ1v) is 5.03. The van der Waals surface area contributed by atoms with E-state index in [4.69, 9.17) is 4.74 Å². The van der Waals surface area contributed by atoms with Gasteiger partial charge < -0.3 is 10.1 Å². The first-order chi connectivity index (χ1) is 7.33. The highest BCUT2D eigenvalue weighted by Gasteiger charge is 2.18. The van der Waals surface area contributed by atoms with E-state index in [-0.39, 0.29) is 5.97 Å². The Kier molecular flexibility index (Phi) is 2.72. The lowest BCUT2D eigenvalue weighted by molar-refractivity contribution is -0.136. The Labute approximate surface area is 88.8 Å². The summed E-state index contributed by atoms with van der Waals surface area (Å²) in [6.07, 6.45) is 1.86. The van der Waals surface area contributed by atoms with Crippen LogP contribution in [0.5, 0.6) is 0 Å². The van der Waals surface area contributed by atoms with Crippen molar-refractivity contribution >= 4 is 17.2 Å². The number of ether oxygens (including phenoxy) is 1. The summed E-state index contributed by atoms with van der Waals surface area (Å²) in [5.74, 6) is -0.244. The van der Waals surface area contributed by atoms with Crippen molar-refractivity contribution < 1.29 is 9.53 Å². The minimum absolute atomic E-state index is 0.244. The number of carbonyl (C=O) groups is 1. The van der Waals surface area contributed by atoms with Crippen LogP contribution in [0.3, 0.4) is 0 Å². The van der Waals surface area contributed by atoms with Crippen molar-refractivity contribution in [2.45, 2.75) is 6.92 Å². The molecule has 0 bridgehead atoms. The first kappa shape index (κ1) is 9.77. The van der Waals surface area contributed by atoms with E-state index in [0.29, 0.717) is 18.7 Å². The average molecular weight is 203 g/mol. The number of hydrogen-bond donors (Lipinski definition) is 1. The number of benzene rings is 1. The summed E-state index contributed by atoms with van der Waals surface area (Å²) >= 11 is 0. The molecule has 0 fully saturated rings. The van der Waals surface area contributed by atoms with Gasteiger partial charge in [-0.1, -0.05) is 24.3 Å². The van der Waals surface area contributed by atoms with Gasteiger partial charge in [-0.05, 0) is 13.0 Å². The zero-order valence-electron chi connectivity index (χ0n) is 8.62. The predicted octanol–water partition coefficient (Wildman–Crippen LogP) is 2.06. The predicted molar refractivity (Wildman–Crippen MR) is 59.5 cm³/mol. The van der Waals surface area contributed by atoms with E-state index >= 15 is 0 Å². The van der Waals surface area contributed by atoms with Crippen LogP contribution in [-0.2, 0) is 9.53 Å². The molecule has 0 unspecified atom stereocenters. The van der Waals surface area contributed by atoms with Crippen LogP contribution in [0.25, 0.3) is 5.57 Å². The largest absolute Gasteiger partial charge is 0.462 e. The normalized spacial score (nSPS) is 13.5. The van der Waals surface area contributed by atoms with Gasteiger partial charge in [0.1, 0.15) is 0 Å². The number of rotatable bonds is 2. The molecular weight excluding hydrogens is 190 g/mol. The van der Waals surface area contributed by atoms with Gasteiger partial charge in [-0.2, -0.15) is 0 Å². The lowest BCUT2D eigenvalue weighted by Crippen LogP contribution is -2.14. The topological polar surface area (TPSA) is 38.3 Å². The minimum Gasteiger partial charge on any atom is -0.462 e. The number of carbonyl (C=O) groups excluding carboxylic acids is 1. The number of para-hydroxylation sites is 1. The van der Waals surface area contributed by atoms with Crippen LogP contribution in [0.1, 0.15) is 12.5 Å². The molecular formula is C12H13NO2. The third-order valence-electron chi connectivity index (χ3n) is 2.31. The van der Waals surface area contributed by atoms with Gasteiger partial charge >= 0.3 is 5.97 Å². The Morgan fingerprint density at radius 3 is 3.07 bits per heavy atom. The second kappa shape index (κ2) is 4.17. The van der Waals surface area contributed by atoms with E-state index < -0.39 is 0 Å². The van der Waals surface area contributed by atoms with E-state index in [9.17, 15) is 4.79 Å². The molecule has 3 nitrogen and oxygen atoms in total. The molecule has 3 heteroatoms. The molecule has 0 saturated carbocycles. The summed E-state index contributed by atoms with van der Waals surface area (Å²) < 4.78 is 5.00. The molecule has 0 aliphatic carbocycles. The van der Waals surface area contributed by atoms with Gasteiger partial charge in [-0.15, -0.1) is 0 Å². The molecule has 2 rings (SSSR count). The molecule has 0 spiro atoms. The number of anilines is 1. The minimum atomic E-state index is -0.244. The zero-order chi connectivity index (χ0) is 10.7. The van der Waals surface area contributed by atoms with Crippen LogP contribution in [-0.4, -0.2) is 19.1 Å². The van der Waals surface area contributed by atoms with Gasteiger partial charge in [0, 0.05) is 17.8 Å². The van der Waals surface area contributed by atoms with Crippen LogP contribution in [0.4, 0.5) is 5.69 Å². The SMILES string of the molecule is CCOC(=O)C1=CCNc2ccccc21. The zero-order valence-corrected chi connectivity index (χ0v) is 8.62. The molecule has 0 aromatic heterocycles. The number of hydrogen-bond acceptors (Lipinski definition) is 3. The van der Waals surface area contributed by atoms with Crippen molar-refractivity contribution in [1.29, 1.82) is 0 Å². The van der Waals surface area contributed by atoms with Crippen molar-refractivity contribution in [2.75, 3.05) is 18.5 Å². The van der Waals surface area contributed by atoms with Gasteiger partial charge in [-0.3, -0.25) is 0 Å². The van der Waals surface area contributed by atoms with Crippen molar-refractivity contribution in [2.24, 2.45) is 0 Å². The first-order valence-electron chi connectivity index (χ1n) is 5.03. The third-order valence-corrected chi connectivity index (χ3v) is 2.31. The highest BCUT2D eigenvalue weighted by Crippen LogP contribution is 2.27. The maximum absolute atomic E-state index is 11.6. The highest BCUT2D eigenvalue weighted by molar-refractivity contribution is 6.18. The summed E-state index contributed by atoms with van der Waals surface area (Å²) in [4.78, 5) is 11.6. The summed E-state index contributed by atoms with van der Waals surface area (Å²) in [5.41, 5.74) is 2.57. The van der Waals surface area contributed by atoms with Crippen LogP contribution >= 0.6 is 0 Å². The van der Waals surface area contributed by atoms with Gasteiger partial charge in [0.2, 0.25) is 0 Å². The highest BCUT2D eigenvalue weighted by atomic mass is 16.5. The molecule has 0 saturated heterocycles. The summed E-state index contributed by atoms with van der Waals surface area (Å²) in [5, 5.41) is 3.21. The number of esters is 1. The quantitative estimate of drug-likeness (QED) is 0.748. The Bertz CT molecular complexity index is 410. The Balaban J connectivity index is 2.34. The summed E-state index contributed by atoms with van der Waals surface area (Å²) in [6, 6.07) is 7.74. The van der Waals surface area contributed by atoms with E-state index in [1.165, 1.54) is 0 Å². The fraction of sp³-hybridized carbons (Fsp3) is 0.250. The lowest BCUT2D eigenvalue weighted by atomic mass is 10.0. The van der Waals surface area contributed by atoms with Crippen molar-refractivity contribution in [3.63, 3.8) is 0 Å². The Hall–Kier alpha value is -1.77. The Morgan fingerprint density at radius 2 is 2.27 bits per heavy atom. The van der Waals surface area contributed by atoms with E-state index in [2.05, 4.69) is 5.32 Å². The standard InChI is InChI=1S/C12H13NO2/c1-2-15-12(14)10-7-8-13-11-6-4-3-5-9(10)11/h3-7,13H,2,8H2,1H3. The van der Waals surface area contributed by atoms with E-state index in [1.54, 1.807) is 0 Å². The number of fused-ring (bicyclic) bond motifs is 1. The van der Waals surface area contributed by atoms with Crippen LogP contribution in [0, 0.1) is 0 Å². The van der Waals surface area contributed by atoms with Gasteiger partial charge in [0.05, 0.1) is 12.2 Å². The molecule has 1 aromatic carbocycles. The molecule has 78 valence electrons. The summed E-state index contributed by atoms with van der Waals surface area (Å²) in [7, 11) is 0. The smallest absolute Gasteiger partial charge is 0.338 e. The van der Waals surface area contributed by atoms with Crippen molar-refractivity contribution in [1.82, 2.24) is 0 Å². The second-order valence-corrected chi connectivity index (χ2v) is 3.26. The van der Waals surface area contributed by atoms with Crippen LogP contribution in [0.15, 0.2) is 30.3 Å². The van der Waals surface area contributed by atoms with Crippen molar-refractivity contribution in [3.05, 3.63) is 35.9 Å². The molecule has 1 heterocycles. The lowest BCUT2D eigenvalue weighted by Gasteiger charge is -2.17.